The predicted molar refractivity (Wildman–Crippen MR) is 78.1 cm³/mol. The maximum atomic E-state index is 11.5. The van der Waals surface area contributed by atoms with Gasteiger partial charge in [-0.1, -0.05) is 36.2 Å². The molecule has 5 heteroatoms. The summed E-state index contributed by atoms with van der Waals surface area (Å²) in [6.07, 6.45) is 0.369. The molecule has 0 aliphatic rings. The molecule has 1 aromatic rings. The summed E-state index contributed by atoms with van der Waals surface area (Å²) in [7, 11) is 0. The Hall–Kier alpha value is -1.07. The van der Waals surface area contributed by atoms with Gasteiger partial charge in [-0.2, -0.15) is 0 Å². The number of carbonyl (C=O) groups is 1. The summed E-state index contributed by atoms with van der Waals surface area (Å²) in [5.74, 6) is 0.582. The molecular formula is C14H20BrNO3. The zero-order chi connectivity index (χ0) is 14.3. The smallest absolute Gasteiger partial charge is 0.258 e. The van der Waals surface area contributed by atoms with E-state index in [9.17, 15) is 9.90 Å². The van der Waals surface area contributed by atoms with Gasteiger partial charge in [-0.15, -0.1) is 0 Å². The lowest BCUT2D eigenvalue weighted by Gasteiger charge is -2.17. The second-order valence-corrected chi connectivity index (χ2v) is 5.42. The molecule has 4 nitrogen and oxygen atoms in total. The van der Waals surface area contributed by atoms with E-state index < -0.39 is 6.10 Å². The predicted octanol–water partition coefficient (Wildman–Crippen LogP) is 2.35. The van der Waals surface area contributed by atoms with E-state index in [0.29, 0.717) is 5.75 Å². The third-order valence-electron chi connectivity index (χ3n) is 2.99. The lowest BCUT2D eigenvalue weighted by molar-refractivity contribution is -0.123. The fourth-order valence-electron chi connectivity index (χ4n) is 1.42. The molecule has 1 rings (SSSR count). The van der Waals surface area contributed by atoms with Crippen LogP contribution in [0.2, 0.25) is 0 Å². The molecule has 0 spiro atoms. The van der Waals surface area contributed by atoms with Crippen molar-refractivity contribution in [1.29, 1.82) is 0 Å². The van der Waals surface area contributed by atoms with E-state index in [1.807, 2.05) is 26.0 Å². The van der Waals surface area contributed by atoms with Gasteiger partial charge in [0.15, 0.2) is 6.61 Å². The molecule has 0 aliphatic carbocycles. The zero-order valence-corrected chi connectivity index (χ0v) is 12.8. The van der Waals surface area contributed by atoms with E-state index in [1.54, 1.807) is 12.1 Å². The zero-order valence-electron chi connectivity index (χ0n) is 11.2. The summed E-state index contributed by atoms with van der Waals surface area (Å²) in [5, 5.41) is 12.4. The second kappa shape index (κ2) is 8.17. The van der Waals surface area contributed by atoms with Crippen molar-refractivity contribution in [3.63, 3.8) is 0 Å². The van der Waals surface area contributed by atoms with Gasteiger partial charge in [0.05, 0.1) is 6.10 Å². The maximum absolute atomic E-state index is 11.5. The third-order valence-corrected chi connectivity index (χ3v) is 3.52. The summed E-state index contributed by atoms with van der Waals surface area (Å²) < 4.78 is 6.29. The van der Waals surface area contributed by atoms with Crippen molar-refractivity contribution in [2.24, 2.45) is 5.92 Å². The van der Waals surface area contributed by atoms with Crippen LogP contribution in [0.3, 0.4) is 0 Å². The van der Waals surface area contributed by atoms with Crippen molar-refractivity contribution in [1.82, 2.24) is 5.32 Å². The molecule has 2 N–H and O–H groups in total. The Kier molecular flexibility index (Phi) is 6.87. The molecule has 1 amide bonds. The van der Waals surface area contributed by atoms with Gasteiger partial charge in [0.25, 0.3) is 5.91 Å². The van der Waals surface area contributed by atoms with Crippen LogP contribution in [0.1, 0.15) is 20.3 Å². The molecule has 0 aromatic heterocycles. The van der Waals surface area contributed by atoms with Crippen molar-refractivity contribution in [3.8, 4) is 5.75 Å². The first-order chi connectivity index (χ1) is 9.02. The Morgan fingerprint density at radius 3 is 2.63 bits per heavy atom. The fourth-order valence-corrected chi connectivity index (χ4v) is 1.69. The summed E-state index contributed by atoms with van der Waals surface area (Å²) >= 11 is 3.32. The Morgan fingerprint density at radius 1 is 1.42 bits per heavy atom. The molecule has 0 heterocycles. The van der Waals surface area contributed by atoms with Crippen LogP contribution in [0.25, 0.3) is 0 Å². The first kappa shape index (κ1) is 16.0. The van der Waals surface area contributed by atoms with E-state index in [-0.39, 0.29) is 25.0 Å². The maximum Gasteiger partial charge on any atom is 0.258 e. The Labute approximate surface area is 122 Å². The average Bonchev–Trinajstić information content (AvgIpc) is 2.43. The topological polar surface area (TPSA) is 58.6 Å². The SMILES string of the molecule is CCC(C)C(O)CNC(=O)COc1ccc(Br)cc1. The van der Waals surface area contributed by atoms with Gasteiger partial charge >= 0.3 is 0 Å². The standard InChI is InChI=1S/C14H20BrNO3/c1-3-10(2)13(17)8-16-14(18)9-19-12-6-4-11(15)5-7-12/h4-7,10,13,17H,3,8-9H2,1-2H3,(H,16,18). The number of nitrogens with one attached hydrogen (secondary N) is 1. The summed E-state index contributed by atoms with van der Waals surface area (Å²) in [6.45, 7) is 4.17. The van der Waals surface area contributed by atoms with Crippen LogP contribution in [0.5, 0.6) is 5.75 Å². The third kappa shape index (κ3) is 6.07. The summed E-state index contributed by atoms with van der Waals surface area (Å²) in [4.78, 5) is 11.5. The van der Waals surface area contributed by atoms with Gasteiger partial charge in [0.2, 0.25) is 0 Å². The number of carbonyl (C=O) groups excluding carboxylic acids is 1. The number of benzene rings is 1. The Morgan fingerprint density at radius 2 is 2.05 bits per heavy atom. The quantitative estimate of drug-likeness (QED) is 0.807. The lowest BCUT2D eigenvalue weighted by Crippen LogP contribution is -2.37. The van der Waals surface area contributed by atoms with Gasteiger partial charge in [0.1, 0.15) is 5.75 Å². The Balaban J connectivity index is 2.26. The largest absolute Gasteiger partial charge is 0.484 e. The van der Waals surface area contributed by atoms with Crippen LogP contribution in [0, 0.1) is 5.92 Å². The number of hydrogen-bond acceptors (Lipinski definition) is 3. The summed E-state index contributed by atoms with van der Waals surface area (Å²) in [6, 6.07) is 7.26. The number of rotatable bonds is 7. The highest BCUT2D eigenvalue weighted by molar-refractivity contribution is 9.10. The van der Waals surface area contributed by atoms with Gasteiger partial charge in [0, 0.05) is 11.0 Å². The monoisotopic (exact) mass is 329 g/mol. The number of halogens is 1. The molecule has 0 aliphatic heterocycles. The number of amides is 1. The van der Waals surface area contributed by atoms with Crippen LogP contribution in [0.15, 0.2) is 28.7 Å². The van der Waals surface area contributed by atoms with Gasteiger partial charge < -0.3 is 15.2 Å². The van der Waals surface area contributed by atoms with Crippen molar-refractivity contribution < 1.29 is 14.6 Å². The molecule has 0 saturated carbocycles. The first-order valence-electron chi connectivity index (χ1n) is 6.36. The van der Waals surface area contributed by atoms with Crippen LogP contribution < -0.4 is 10.1 Å². The highest BCUT2D eigenvalue weighted by Crippen LogP contribution is 2.15. The second-order valence-electron chi connectivity index (χ2n) is 4.50. The highest BCUT2D eigenvalue weighted by Gasteiger charge is 2.13. The molecule has 2 atom stereocenters. The molecule has 106 valence electrons. The summed E-state index contributed by atoms with van der Waals surface area (Å²) in [5.41, 5.74) is 0. The number of aliphatic hydroxyl groups is 1. The molecule has 19 heavy (non-hydrogen) atoms. The van der Waals surface area contributed by atoms with E-state index in [2.05, 4.69) is 21.2 Å². The van der Waals surface area contributed by atoms with Crippen molar-refractivity contribution in [3.05, 3.63) is 28.7 Å². The molecule has 2 unspecified atom stereocenters. The number of hydrogen-bond donors (Lipinski definition) is 2. The lowest BCUT2D eigenvalue weighted by atomic mass is 10.0. The number of aliphatic hydroxyl groups excluding tert-OH is 1. The minimum Gasteiger partial charge on any atom is -0.484 e. The van der Waals surface area contributed by atoms with Crippen LogP contribution >= 0.6 is 15.9 Å². The molecule has 0 fully saturated rings. The Bertz CT molecular complexity index is 394. The van der Waals surface area contributed by atoms with Gasteiger partial charge in [-0.05, 0) is 30.2 Å². The fraction of sp³-hybridized carbons (Fsp3) is 0.500. The van der Waals surface area contributed by atoms with Crippen molar-refractivity contribution in [2.45, 2.75) is 26.4 Å². The van der Waals surface area contributed by atoms with E-state index in [4.69, 9.17) is 4.74 Å². The van der Waals surface area contributed by atoms with Crippen LogP contribution in [0.4, 0.5) is 0 Å². The average molecular weight is 330 g/mol. The van der Waals surface area contributed by atoms with Gasteiger partial charge in [-0.25, -0.2) is 0 Å². The van der Waals surface area contributed by atoms with Crippen molar-refractivity contribution >= 4 is 21.8 Å². The van der Waals surface area contributed by atoms with Crippen LogP contribution in [-0.2, 0) is 4.79 Å². The van der Waals surface area contributed by atoms with Crippen LogP contribution in [-0.4, -0.2) is 30.3 Å². The molecule has 0 saturated heterocycles. The molecule has 1 aromatic carbocycles. The highest BCUT2D eigenvalue weighted by atomic mass is 79.9. The normalized spacial score (nSPS) is 13.7. The molecule has 0 radical (unpaired) electrons. The van der Waals surface area contributed by atoms with E-state index in [0.717, 1.165) is 10.9 Å². The molecular weight excluding hydrogens is 310 g/mol. The minimum atomic E-state index is -0.512. The van der Waals surface area contributed by atoms with Gasteiger partial charge in [-0.3, -0.25) is 4.79 Å². The van der Waals surface area contributed by atoms with E-state index in [1.165, 1.54) is 0 Å². The minimum absolute atomic E-state index is 0.0468. The first-order valence-corrected chi connectivity index (χ1v) is 7.15. The van der Waals surface area contributed by atoms with E-state index >= 15 is 0 Å². The molecule has 0 bridgehead atoms. The van der Waals surface area contributed by atoms with Crippen molar-refractivity contribution in [2.75, 3.05) is 13.2 Å². The number of ether oxygens (including phenoxy) is 1.